The zero-order chi connectivity index (χ0) is 17.2. The minimum atomic E-state index is 0.535. The maximum Gasteiger partial charge on any atom is 0.0565 e. The fourth-order valence-electron chi connectivity index (χ4n) is 3.65. The molecule has 6 heteroatoms. The first kappa shape index (κ1) is 16.0. The van der Waals surface area contributed by atoms with E-state index in [1.807, 2.05) is 30.3 Å². The van der Waals surface area contributed by atoms with Crippen LogP contribution in [0.4, 0.5) is 0 Å². The summed E-state index contributed by atoms with van der Waals surface area (Å²) in [5.41, 5.74) is 5.89. The average molecular weight is 336 g/mol. The van der Waals surface area contributed by atoms with Gasteiger partial charge >= 0.3 is 0 Å². The Kier molecular flexibility index (Phi) is 4.36. The van der Waals surface area contributed by atoms with Crippen molar-refractivity contribution in [3.8, 4) is 11.1 Å². The highest BCUT2D eigenvalue weighted by Gasteiger charge is 2.23. The number of hydrogen-bond acceptors (Lipinski definition) is 4. The van der Waals surface area contributed by atoms with Gasteiger partial charge in [-0.05, 0) is 56.6 Å². The van der Waals surface area contributed by atoms with E-state index in [0.29, 0.717) is 5.92 Å². The molecule has 0 spiro atoms. The van der Waals surface area contributed by atoms with Crippen molar-refractivity contribution in [1.82, 2.24) is 29.9 Å². The molecule has 0 amide bonds. The number of aromatic amines is 1. The van der Waals surface area contributed by atoms with Gasteiger partial charge in [0.25, 0.3) is 0 Å². The lowest BCUT2D eigenvalue weighted by atomic mass is 9.91. The molecule has 0 aliphatic carbocycles. The molecule has 130 valence electrons. The third-order valence-corrected chi connectivity index (χ3v) is 5.12. The summed E-state index contributed by atoms with van der Waals surface area (Å²) in [6.07, 6.45) is 7.98. The molecule has 6 nitrogen and oxygen atoms in total. The quantitative estimate of drug-likeness (QED) is 0.796. The van der Waals surface area contributed by atoms with Crippen LogP contribution in [0.1, 0.15) is 35.8 Å². The number of hydrogen-bond donors (Lipinski definition) is 1. The fraction of sp³-hybridized carbons (Fsp3) is 0.421. The summed E-state index contributed by atoms with van der Waals surface area (Å²) in [5.74, 6) is 0.535. The second kappa shape index (κ2) is 6.80. The molecule has 0 saturated carbocycles. The molecule has 1 fully saturated rings. The van der Waals surface area contributed by atoms with Crippen molar-refractivity contribution in [1.29, 1.82) is 0 Å². The highest BCUT2D eigenvalue weighted by Crippen LogP contribution is 2.30. The number of pyridine rings is 1. The maximum atomic E-state index is 4.82. The second-order valence-corrected chi connectivity index (χ2v) is 6.91. The predicted molar refractivity (Wildman–Crippen MR) is 97.0 cm³/mol. The van der Waals surface area contributed by atoms with Crippen LogP contribution in [-0.2, 0) is 13.6 Å². The average Bonchev–Trinajstić information content (AvgIpc) is 3.28. The van der Waals surface area contributed by atoms with Crippen molar-refractivity contribution in [3.05, 3.63) is 53.9 Å². The number of nitrogens with one attached hydrogen (secondary N) is 1. The van der Waals surface area contributed by atoms with Crippen LogP contribution in [0.5, 0.6) is 0 Å². The second-order valence-electron chi connectivity index (χ2n) is 6.91. The Balaban J connectivity index is 1.45. The smallest absolute Gasteiger partial charge is 0.0565 e. The van der Waals surface area contributed by atoms with E-state index in [1.54, 1.807) is 0 Å². The van der Waals surface area contributed by atoms with Gasteiger partial charge in [-0.3, -0.25) is 19.7 Å². The Morgan fingerprint density at radius 1 is 1.20 bits per heavy atom. The predicted octanol–water partition coefficient (Wildman–Crippen LogP) is 2.89. The third kappa shape index (κ3) is 3.49. The van der Waals surface area contributed by atoms with E-state index in [9.17, 15) is 0 Å². The van der Waals surface area contributed by atoms with Gasteiger partial charge in [-0.25, -0.2) is 0 Å². The molecule has 4 rings (SSSR count). The van der Waals surface area contributed by atoms with Crippen LogP contribution in [0.25, 0.3) is 11.1 Å². The number of rotatable bonds is 4. The summed E-state index contributed by atoms with van der Waals surface area (Å²) in [5, 5.41) is 11.2. The summed E-state index contributed by atoms with van der Waals surface area (Å²) in [7, 11) is 2.01. The summed E-state index contributed by atoms with van der Waals surface area (Å²) >= 11 is 0. The highest BCUT2D eigenvalue weighted by molar-refractivity contribution is 5.62. The number of aromatic nitrogens is 5. The van der Waals surface area contributed by atoms with Gasteiger partial charge in [-0.2, -0.15) is 10.2 Å². The molecule has 4 heterocycles. The molecule has 1 N–H and O–H groups in total. The van der Waals surface area contributed by atoms with Crippen LogP contribution in [0.3, 0.4) is 0 Å². The fourth-order valence-corrected chi connectivity index (χ4v) is 3.65. The molecule has 1 aliphatic heterocycles. The van der Waals surface area contributed by atoms with Crippen molar-refractivity contribution in [2.75, 3.05) is 13.1 Å². The van der Waals surface area contributed by atoms with E-state index >= 15 is 0 Å². The Bertz CT molecular complexity index is 827. The van der Waals surface area contributed by atoms with Gasteiger partial charge in [0.2, 0.25) is 0 Å². The zero-order valence-electron chi connectivity index (χ0n) is 14.8. The summed E-state index contributed by atoms with van der Waals surface area (Å²) in [4.78, 5) is 7.33. The van der Waals surface area contributed by atoms with Gasteiger partial charge in [-0.15, -0.1) is 0 Å². The molecule has 0 radical (unpaired) electrons. The number of aryl methyl sites for hydroxylation is 2. The lowest BCUT2D eigenvalue weighted by Crippen LogP contribution is -2.33. The Labute approximate surface area is 147 Å². The van der Waals surface area contributed by atoms with Crippen molar-refractivity contribution in [3.63, 3.8) is 0 Å². The van der Waals surface area contributed by atoms with E-state index < -0.39 is 0 Å². The van der Waals surface area contributed by atoms with Crippen LogP contribution in [-0.4, -0.2) is 43.0 Å². The van der Waals surface area contributed by atoms with Gasteiger partial charge < -0.3 is 0 Å². The zero-order valence-corrected chi connectivity index (χ0v) is 14.8. The van der Waals surface area contributed by atoms with Crippen molar-refractivity contribution < 1.29 is 0 Å². The van der Waals surface area contributed by atoms with Crippen molar-refractivity contribution in [2.45, 2.75) is 32.2 Å². The molecule has 3 aromatic rings. The molecule has 0 unspecified atom stereocenters. The van der Waals surface area contributed by atoms with Crippen LogP contribution in [0.2, 0.25) is 0 Å². The topological polar surface area (TPSA) is 62.6 Å². The normalized spacial score (nSPS) is 16.4. The summed E-state index contributed by atoms with van der Waals surface area (Å²) < 4.78 is 1.96. The molecular formula is C19H24N6. The van der Waals surface area contributed by atoms with Crippen LogP contribution in [0.15, 0.2) is 36.8 Å². The first-order chi connectivity index (χ1) is 12.2. The highest BCUT2D eigenvalue weighted by atomic mass is 15.3. The number of piperidine rings is 1. The number of nitrogens with zero attached hydrogens (tertiary/aromatic N) is 5. The molecule has 1 saturated heterocycles. The summed E-state index contributed by atoms with van der Waals surface area (Å²) in [6.45, 7) is 5.26. The number of likely N-dealkylation sites (tertiary alicyclic amines) is 1. The lowest BCUT2D eigenvalue weighted by molar-refractivity contribution is 0.199. The summed E-state index contributed by atoms with van der Waals surface area (Å²) in [6, 6.07) is 6.47. The van der Waals surface area contributed by atoms with Gasteiger partial charge in [-0.1, -0.05) is 0 Å². The molecule has 0 bridgehead atoms. The van der Waals surface area contributed by atoms with Gasteiger partial charge in [0, 0.05) is 48.9 Å². The van der Waals surface area contributed by atoms with Crippen LogP contribution in [0, 0.1) is 6.92 Å². The Morgan fingerprint density at radius 2 is 2.04 bits per heavy atom. The van der Waals surface area contributed by atoms with Gasteiger partial charge in [0.05, 0.1) is 11.9 Å². The molecule has 25 heavy (non-hydrogen) atoms. The SMILES string of the molecule is Cc1cc(-c2cn[nH]c2)cc(C2CCN(Cc3ccnn3C)CC2)n1. The Hall–Kier alpha value is -2.47. The molecule has 1 aliphatic rings. The minimum Gasteiger partial charge on any atom is -0.297 e. The van der Waals surface area contributed by atoms with Crippen LogP contribution < -0.4 is 0 Å². The lowest BCUT2D eigenvalue weighted by Gasteiger charge is -2.31. The van der Waals surface area contributed by atoms with Gasteiger partial charge in [0.15, 0.2) is 0 Å². The molecule has 0 atom stereocenters. The first-order valence-electron chi connectivity index (χ1n) is 8.86. The van der Waals surface area contributed by atoms with E-state index in [-0.39, 0.29) is 0 Å². The van der Waals surface area contributed by atoms with E-state index in [1.165, 1.54) is 17.0 Å². The minimum absolute atomic E-state index is 0.535. The van der Waals surface area contributed by atoms with Crippen molar-refractivity contribution >= 4 is 0 Å². The maximum absolute atomic E-state index is 4.82. The largest absolute Gasteiger partial charge is 0.297 e. The van der Waals surface area contributed by atoms with E-state index in [2.05, 4.69) is 45.3 Å². The Morgan fingerprint density at radius 3 is 2.72 bits per heavy atom. The number of H-pyrrole nitrogens is 1. The molecular weight excluding hydrogens is 312 g/mol. The van der Waals surface area contributed by atoms with Crippen molar-refractivity contribution in [2.24, 2.45) is 7.05 Å². The van der Waals surface area contributed by atoms with E-state index in [4.69, 9.17) is 4.98 Å². The molecule has 0 aromatic carbocycles. The van der Waals surface area contributed by atoms with Gasteiger partial charge in [0.1, 0.15) is 0 Å². The first-order valence-corrected chi connectivity index (χ1v) is 8.86. The van der Waals surface area contributed by atoms with Crippen LogP contribution >= 0.6 is 0 Å². The van der Waals surface area contributed by atoms with E-state index in [0.717, 1.165) is 43.7 Å². The third-order valence-electron chi connectivity index (χ3n) is 5.12. The monoisotopic (exact) mass is 336 g/mol. The molecule has 3 aromatic heterocycles. The standard InChI is InChI=1S/C19H24N6/c1-14-9-16(17-11-20-21-12-17)10-19(23-14)15-4-7-25(8-5-15)13-18-3-6-22-24(18)2/h3,6,9-12,15H,4-5,7-8,13H2,1-2H3,(H,20,21).